The maximum Gasteiger partial charge on any atom is 0.311 e. The van der Waals surface area contributed by atoms with Gasteiger partial charge in [0.15, 0.2) is 6.61 Å². The van der Waals surface area contributed by atoms with Gasteiger partial charge in [-0.3, -0.25) is 14.4 Å². The van der Waals surface area contributed by atoms with Gasteiger partial charge in [0.25, 0.3) is 5.91 Å². The molecule has 4 atom stereocenters. The summed E-state index contributed by atoms with van der Waals surface area (Å²) in [5, 5.41) is 2.77. The number of hydrogen-bond donors (Lipinski definition) is 1. The van der Waals surface area contributed by atoms with Crippen molar-refractivity contribution in [1.82, 2.24) is 10.2 Å². The molecule has 31 heavy (non-hydrogen) atoms. The lowest BCUT2D eigenvalue weighted by Crippen LogP contribution is -2.45. The lowest BCUT2D eigenvalue weighted by Gasteiger charge is -2.39. The van der Waals surface area contributed by atoms with E-state index in [0.29, 0.717) is 24.9 Å². The average Bonchev–Trinajstić information content (AvgIpc) is 3.14. The third-order valence-electron chi connectivity index (χ3n) is 6.84. The molecule has 0 bridgehead atoms. The Morgan fingerprint density at radius 1 is 1.16 bits per heavy atom. The summed E-state index contributed by atoms with van der Waals surface area (Å²) in [6, 6.07) is 8.08. The summed E-state index contributed by atoms with van der Waals surface area (Å²) in [5.74, 6) is -0.244. The molecule has 2 aliphatic rings. The molecular weight excluding hydrogens is 394 g/mol. The molecule has 1 aliphatic carbocycles. The van der Waals surface area contributed by atoms with Gasteiger partial charge >= 0.3 is 5.97 Å². The Kier molecular flexibility index (Phi) is 7.57. The van der Waals surface area contributed by atoms with Gasteiger partial charge in [-0.2, -0.15) is 0 Å². The van der Waals surface area contributed by atoms with Crippen LogP contribution in [0.15, 0.2) is 24.3 Å². The van der Waals surface area contributed by atoms with Gasteiger partial charge in [-0.15, -0.1) is 0 Å². The quantitative estimate of drug-likeness (QED) is 0.674. The number of ether oxygens (including phenoxy) is 1. The Balaban J connectivity index is 1.43. The molecule has 0 radical (unpaired) electrons. The topological polar surface area (TPSA) is 79.0 Å². The molecule has 0 aromatic heterocycles. The zero-order valence-corrected chi connectivity index (χ0v) is 19.1. The monoisotopic (exact) mass is 429 g/mol. The number of anilines is 1. The molecule has 0 unspecified atom stereocenters. The van der Waals surface area contributed by atoms with Crippen molar-refractivity contribution in [3.05, 3.63) is 29.8 Å². The number of carbonyl (C=O) groups excluding carboxylic acids is 3. The van der Waals surface area contributed by atoms with Gasteiger partial charge in [0.2, 0.25) is 5.91 Å². The van der Waals surface area contributed by atoms with Crippen molar-refractivity contribution in [1.29, 1.82) is 0 Å². The molecule has 2 fully saturated rings. The minimum absolute atomic E-state index is 0.0264. The second-order valence-electron chi connectivity index (χ2n) is 9.23. The number of carbonyl (C=O) groups is 3. The van der Waals surface area contributed by atoms with Crippen LogP contribution in [-0.2, 0) is 25.7 Å². The van der Waals surface area contributed by atoms with Crippen LogP contribution in [0.1, 0.15) is 45.1 Å². The Labute approximate surface area is 185 Å². The number of likely N-dealkylation sites (tertiary alicyclic amines) is 1. The van der Waals surface area contributed by atoms with Crippen molar-refractivity contribution >= 4 is 23.5 Å². The van der Waals surface area contributed by atoms with Crippen molar-refractivity contribution in [2.75, 3.05) is 32.1 Å². The van der Waals surface area contributed by atoms with Crippen LogP contribution in [-0.4, -0.2) is 56.0 Å². The van der Waals surface area contributed by atoms with Gasteiger partial charge in [-0.1, -0.05) is 38.8 Å². The van der Waals surface area contributed by atoms with Crippen LogP contribution in [0.3, 0.4) is 0 Å². The summed E-state index contributed by atoms with van der Waals surface area (Å²) >= 11 is 0. The van der Waals surface area contributed by atoms with E-state index in [1.807, 2.05) is 48.2 Å². The van der Waals surface area contributed by atoms with E-state index in [-0.39, 0.29) is 30.9 Å². The minimum atomic E-state index is -0.483. The standard InChI is InChI=1S/C24H35N3O4/c1-16-6-5-7-21(17(16)2)27-14-19(12-23(27)29)24(30)31-15-22(28)25-13-18-8-10-20(11-9-18)26(3)4/h8-11,16-17,19,21H,5-7,12-15H2,1-4H3,(H,25,28)/t16-,17-,19-,21-/m1/s1. The molecule has 1 N–H and O–H groups in total. The molecule has 1 heterocycles. The lowest BCUT2D eigenvalue weighted by molar-refractivity contribution is -0.152. The van der Waals surface area contributed by atoms with Crippen LogP contribution in [0.25, 0.3) is 0 Å². The molecule has 1 saturated heterocycles. The zero-order chi connectivity index (χ0) is 22.5. The first-order valence-electron chi connectivity index (χ1n) is 11.2. The van der Waals surface area contributed by atoms with Gasteiger partial charge in [-0.25, -0.2) is 0 Å². The number of esters is 1. The SMILES string of the molecule is C[C@@H]1[C@H](C)CCC[C@H]1N1C[C@H](C(=O)OCC(=O)NCc2ccc(N(C)C)cc2)CC1=O. The Morgan fingerprint density at radius 3 is 2.55 bits per heavy atom. The van der Waals surface area contributed by atoms with E-state index in [4.69, 9.17) is 4.74 Å². The van der Waals surface area contributed by atoms with Crippen molar-refractivity contribution in [3.8, 4) is 0 Å². The minimum Gasteiger partial charge on any atom is -0.455 e. The molecular formula is C24H35N3O4. The molecule has 0 spiro atoms. The Morgan fingerprint density at radius 2 is 1.87 bits per heavy atom. The smallest absolute Gasteiger partial charge is 0.311 e. The predicted octanol–water partition coefficient (Wildman–Crippen LogP) is 2.59. The molecule has 170 valence electrons. The number of amides is 2. The van der Waals surface area contributed by atoms with Gasteiger partial charge in [0.1, 0.15) is 0 Å². The summed E-state index contributed by atoms with van der Waals surface area (Å²) in [6.45, 7) is 4.89. The molecule has 1 aromatic carbocycles. The second kappa shape index (κ2) is 10.2. The molecule has 1 aromatic rings. The van der Waals surface area contributed by atoms with Crippen LogP contribution in [0.2, 0.25) is 0 Å². The van der Waals surface area contributed by atoms with E-state index in [0.717, 1.165) is 24.1 Å². The Bertz CT molecular complexity index is 793. The largest absolute Gasteiger partial charge is 0.455 e. The number of nitrogens with one attached hydrogen (secondary N) is 1. The number of nitrogens with zero attached hydrogens (tertiary/aromatic N) is 2. The summed E-state index contributed by atoms with van der Waals surface area (Å²) in [6.07, 6.45) is 3.49. The van der Waals surface area contributed by atoms with Crippen LogP contribution in [0.5, 0.6) is 0 Å². The van der Waals surface area contributed by atoms with Crippen LogP contribution < -0.4 is 10.2 Å². The second-order valence-corrected chi connectivity index (χ2v) is 9.23. The van der Waals surface area contributed by atoms with Crippen molar-refractivity contribution < 1.29 is 19.1 Å². The van der Waals surface area contributed by atoms with E-state index in [1.165, 1.54) is 6.42 Å². The molecule has 7 nitrogen and oxygen atoms in total. The van der Waals surface area contributed by atoms with Gasteiger partial charge < -0.3 is 19.9 Å². The van der Waals surface area contributed by atoms with E-state index < -0.39 is 11.9 Å². The lowest BCUT2D eigenvalue weighted by atomic mass is 9.77. The highest BCUT2D eigenvalue weighted by Crippen LogP contribution is 2.35. The maximum atomic E-state index is 12.5. The van der Waals surface area contributed by atoms with Crippen LogP contribution in [0.4, 0.5) is 5.69 Å². The van der Waals surface area contributed by atoms with Gasteiger partial charge in [-0.05, 0) is 36.0 Å². The summed E-state index contributed by atoms with van der Waals surface area (Å²) in [7, 11) is 3.94. The molecule has 3 rings (SSSR count). The molecule has 7 heteroatoms. The fourth-order valence-electron chi connectivity index (χ4n) is 4.62. The van der Waals surface area contributed by atoms with Gasteiger partial charge in [0, 0.05) is 45.3 Å². The van der Waals surface area contributed by atoms with E-state index >= 15 is 0 Å². The first-order chi connectivity index (χ1) is 14.8. The fourth-order valence-corrected chi connectivity index (χ4v) is 4.62. The number of rotatable bonds is 7. The Hall–Kier alpha value is -2.57. The van der Waals surface area contributed by atoms with Crippen molar-refractivity contribution in [2.24, 2.45) is 17.8 Å². The van der Waals surface area contributed by atoms with E-state index in [2.05, 4.69) is 19.2 Å². The fraction of sp³-hybridized carbons (Fsp3) is 0.625. The average molecular weight is 430 g/mol. The zero-order valence-electron chi connectivity index (χ0n) is 19.1. The third kappa shape index (κ3) is 5.77. The van der Waals surface area contributed by atoms with Gasteiger partial charge in [0.05, 0.1) is 5.92 Å². The third-order valence-corrected chi connectivity index (χ3v) is 6.84. The number of benzene rings is 1. The van der Waals surface area contributed by atoms with Crippen LogP contribution >= 0.6 is 0 Å². The van der Waals surface area contributed by atoms with E-state index in [9.17, 15) is 14.4 Å². The maximum absolute atomic E-state index is 12.5. The molecule has 1 saturated carbocycles. The first-order valence-corrected chi connectivity index (χ1v) is 11.2. The highest BCUT2D eigenvalue weighted by molar-refractivity contribution is 5.88. The number of hydrogen-bond acceptors (Lipinski definition) is 5. The normalized spacial score (nSPS) is 25.9. The highest BCUT2D eigenvalue weighted by atomic mass is 16.5. The predicted molar refractivity (Wildman–Crippen MR) is 119 cm³/mol. The summed E-state index contributed by atoms with van der Waals surface area (Å²) in [5.41, 5.74) is 2.05. The summed E-state index contributed by atoms with van der Waals surface area (Å²) in [4.78, 5) is 41.0. The van der Waals surface area contributed by atoms with E-state index in [1.54, 1.807) is 0 Å². The highest BCUT2D eigenvalue weighted by Gasteiger charge is 2.42. The van der Waals surface area contributed by atoms with Crippen molar-refractivity contribution in [3.63, 3.8) is 0 Å². The molecule has 2 amide bonds. The summed E-state index contributed by atoms with van der Waals surface area (Å²) < 4.78 is 5.22. The molecule has 1 aliphatic heterocycles. The van der Waals surface area contributed by atoms with Crippen LogP contribution in [0, 0.1) is 17.8 Å². The first kappa shape index (κ1) is 23.1. The van der Waals surface area contributed by atoms with Crippen molar-refractivity contribution in [2.45, 2.75) is 52.1 Å².